The fourth-order valence-electron chi connectivity index (χ4n) is 2.97. The van der Waals surface area contributed by atoms with E-state index in [1.54, 1.807) is 17.0 Å². The summed E-state index contributed by atoms with van der Waals surface area (Å²) < 4.78 is 15.9. The van der Waals surface area contributed by atoms with Crippen molar-refractivity contribution in [2.45, 2.75) is 18.2 Å². The topological polar surface area (TPSA) is 77.1 Å². The van der Waals surface area contributed by atoms with E-state index in [1.165, 1.54) is 7.11 Å². The van der Waals surface area contributed by atoms with Crippen molar-refractivity contribution in [2.24, 2.45) is 0 Å². The number of amides is 2. The average Bonchev–Trinajstić information content (AvgIpc) is 3.23. The summed E-state index contributed by atoms with van der Waals surface area (Å²) in [6.45, 7) is 2.00. The molecule has 0 aromatic heterocycles. The Morgan fingerprint density at radius 2 is 1.96 bits per heavy atom. The number of methoxy groups -OCH3 is 1. The molecule has 7 nitrogen and oxygen atoms in total. The van der Waals surface area contributed by atoms with Crippen LogP contribution in [0.15, 0.2) is 30.3 Å². The van der Waals surface area contributed by atoms with E-state index in [9.17, 15) is 9.59 Å². The SMILES string of the molecule is COC(=O)N[C@@H](C(=O)N1CCC2(C1)OCCO2)c1ccccc1. The van der Waals surface area contributed by atoms with Crippen molar-refractivity contribution in [2.75, 3.05) is 33.4 Å². The number of alkyl carbamates (subject to hydrolysis) is 1. The number of benzene rings is 1. The van der Waals surface area contributed by atoms with E-state index in [0.29, 0.717) is 38.3 Å². The maximum absolute atomic E-state index is 12.9. The highest BCUT2D eigenvalue weighted by Gasteiger charge is 2.46. The molecule has 0 unspecified atom stereocenters. The van der Waals surface area contributed by atoms with Gasteiger partial charge in [-0.3, -0.25) is 4.79 Å². The first-order valence-corrected chi connectivity index (χ1v) is 7.60. The smallest absolute Gasteiger partial charge is 0.407 e. The fraction of sp³-hybridized carbons (Fsp3) is 0.500. The quantitative estimate of drug-likeness (QED) is 0.901. The molecule has 7 heteroatoms. The molecule has 1 aromatic rings. The number of rotatable bonds is 3. The Labute approximate surface area is 134 Å². The van der Waals surface area contributed by atoms with Gasteiger partial charge in [-0.15, -0.1) is 0 Å². The van der Waals surface area contributed by atoms with Crippen LogP contribution in [0.2, 0.25) is 0 Å². The van der Waals surface area contributed by atoms with Gasteiger partial charge in [0, 0.05) is 13.0 Å². The molecule has 0 aliphatic carbocycles. The van der Waals surface area contributed by atoms with Gasteiger partial charge < -0.3 is 24.4 Å². The molecule has 2 amide bonds. The lowest BCUT2D eigenvalue weighted by Crippen LogP contribution is -2.44. The van der Waals surface area contributed by atoms with Crippen LogP contribution in [0.4, 0.5) is 4.79 Å². The molecule has 2 aliphatic rings. The van der Waals surface area contributed by atoms with Crippen LogP contribution >= 0.6 is 0 Å². The molecule has 23 heavy (non-hydrogen) atoms. The lowest BCUT2D eigenvalue weighted by Gasteiger charge is -2.26. The third-order valence-corrected chi connectivity index (χ3v) is 4.15. The zero-order valence-electron chi connectivity index (χ0n) is 13.0. The maximum Gasteiger partial charge on any atom is 0.407 e. The van der Waals surface area contributed by atoms with Crippen molar-refractivity contribution in [3.8, 4) is 0 Å². The van der Waals surface area contributed by atoms with Crippen molar-refractivity contribution in [1.82, 2.24) is 10.2 Å². The van der Waals surface area contributed by atoms with Crippen LogP contribution in [-0.4, -0.2) is 56.1 Å². The normalized spacial score (nSPS) is 20.5. The van der Waals surface area contributed by atoms with Crippen molar-refractivity contribution in [3.05, 3.63) is 35.9 Å². The number of likely N-dealkylation sites (tertiary alicyclic amines) is 1. The highest BCUT2D eigenvalue weighted by Crippen LogP contribution is 2.32. The van der Waals surface area contributed by atoms with E-state index in [1.807, 2.05) is 18.2 Å². The minimum Gasteiger partial charge on any atom is -0.453 e. The van der Waals surface area contributed by atoms with Crippen LogP contribution in [0.25, 0.3) is 0 Å². The first-order chi connectivity index (χ1) is 11.1. The number of hydrogen-bond acceptors (Lipinski definition) is 5. The van der Waals surface area contributed by atoms with Gasteiger partial charge in [-0.05, 0) is 5.56 Å². The fourth-order valence-corrected chi connectivity index (χ4v) is 2.97. The summed E-state index contributed by atoms with van der Waals surface area (Å²) in [4.78, 5) is 26.2. The Morgan fingerprint density at radius 1 is 1.26 bits per heavy atom. The van der Waals surface area contributed by atoms with Crippen LogP contribution in [0.3, 0.4) is 0 Å². The van der Waals surface area contributed by atoms with E-state index in [0.717, 1.165) is 0 Å². The van der Waals surface area contributed by atoms with Crippen molar-refractivity contribution >= 4 is 12.0 Å². The standard InChI is InChI=1S/C16H20N2O5/c1-21-15(20)17-13(12-5-3-2-4-6-12)14(19)18-8-7-16(11-18)22-9-10-23-16/h2-6,13H,7-11H2,1H3,(H,17,20)/t13-/m1/s1. The van der Waals surface area contributed by atoms with E-state index < -0.39 is 17.9 Å². The van der Waals surface area contributed by atoms with E-state index in [-0.39, 0.29) is 5.91 Å². The Kier molecular flexibility index (Phi) is 4.49. The van der Waals surface area contributed by atoms with Crippen LogP contribution < -0.4 is 5.32 Å². The van der Waals surface area contributed by atoms with Gasteiger partial charge in [0.25, 0.3) is 0 Å². The molecular weight excluding hydrogens is 300 g/mol. The summed E-state index contributed by atoms with van der Waals surface area (Å²) in [7, 11) is 1.27. The third-order valence-electron chi connectivity index (χ3n) is 4.15. The molecule has 1 spiro atoms. The molecule has 2 fully saturated rings. The van der Waals surface area contributed by atoms with Gasteiger partial charge in [0.15, 0.2) is 5.79 Å². The number of carbonyl (C=O) groups excluding carboxylic acids is 2. The second-order valence-corrected chi connectivity index (χ2v) is 5.60. The molecule has 2 aliphatic heterocycles. The van der Waals surface area contributed by atoms with Gasteiger partial charge in [-0.25, -0.2) is 4.79 Å². The van der Waals surface area contributed by atoms with Crippen molar-refractivity contribution < 1.29 is 23.8 Å². The van der Waals surface area contributed by atoms with Gasteiger partial charge >= 0.3 is 6.09 Å². The predicted octanol–water partition coefficient (Wildman–Crippen LogP) is 1.06. The molecule has 3 rings (SSSR count). The van der Waals surface area contributed by atoms with Gasteiger partial charge in [-0.2, -0.15) is 0 Å². The predicted molar refractivity (Wildman–Crippen MR) is 80.6 cm³/mol. The highest BCUT2D eigenvalue weighted by molar-refractivity contribution is 5.87. The van der Waals surface area contributed by atoms with Gasteiger partial charge in [-0.1, -0.05) is 30.3 Å². The number of nitrogens with one attached hydrogen (secondary N) is 1. The zero-order valence-corrected chi connectivity index (χ0v) is 13.0. The number of nitrogens with zero attached hydrogens (tertiary/aromatic N) is 1. The number of carbonyl (C=O) groups is 2. The van der Waals surface area contributed by atoms with E-state index in [2.05, 4.69) is 10.1 Å². The molecular formula is C16H20N2O5. The summed E-state index contributed by atoms with van der Waals surface area (Å²) in [5, 5.41) is 2.60. The molecule has 2 heterocycles. The van der Waals surface area contributed by atoms with Crippen LogP contribution in [0.1, 0.15) is 18.0 Å². The Morgan fingerprint density at radius 3 is 2.61 bits per heavy atom. The maximum atomic E-state index is 12.9. The van der Waals surface area contributed by atoms with Crippen molar-refractivity contribution in [3.63, 3.8) is 0 Å². The summed E-state index contributed by atoms with van der Waals surface area (Å²) in [6.07, 6.45) is -0.00663. The summed E-state index contributed by atoms with van der Waals surface area (Å²) >= 11 is 0. The molecule has 0 saturated carbocycles. The lowest BCUT2D eigenvalue weighted by atomic mass is 10.1. The first kappa shape index (κ1) is 15.8. The lowest BCUT2D eigenvalue weighted by molar-refractivity contribution is -0.153. The van der Waals surface area contributed by atoms with Gasteiger partial charge in [0.1, 0.15) is 6.04 Å². The molecule has 0 bridgehead atoms. The third kappa shape index (κ3) is 3.30. The first-order valence-electron chi connectivity index (χ1n) is 7.60. The second kappa shape index (κ2) is 6.55. The average molecular weight is 320 g/mol. The second-order valence-electron chi connectivity index (χ2n) is 5.60. The van der Waals surface area contributed by atoms with Crippen molar-refractivity contribution in [1.29, 1.82) is 0 Å². The molecule has 1 N–H and O–H groups in total. The van der Waals surface area contributed by atoms with Crippen LogP contribution in [0, 0.1) is 0 Å². The van der Waals surface area contributed by atoms with Gasteiger partial charge in [0.05, 0.1) is 26.9 Å². The Balaban J connectivity index is 1.76. The minimum absolute atomic E-state index is 0.197. The largest absolute Gasteiger partial charge is 0.453 e. The highest BCUT2D eigenvalue weighted by atomic mass is 16.7. The Bertz CT molecular complexity index is 571. The molecule has 124 valence electrons. The van der Waals surface area contributed by atoms with E-state index >= 15 is 0 Å². The van der Waals surface area contributed by atoms with E-state index in [4.69, 9.17) is 9.47 Å². The summed E-state index contributed by atoms with van der Waals surface area (Å²) in [6, 6.07) is 8.31. The minimum atomic E-state index is -0.791. The zero-order chi connectivity index (χ0) is 16.3. The molecule has 1 aromatic carbocycles. The molecule has 2 saturated heterocycles. The molecule has 0 radical (unpaired) electrons. The van der Waals surface area contributed by atoms with Gasteiger partial charge in [0.2, 0.25) is 5.91 Å². The van der Waals surface area contributed by atoms with Crippen LogP contribution in [-0.2, 0) is 19.0 Å². The monoisotopic (exact) mass is 320 g/mol. The summed E-state index contributed by atoms with van der Waals surface area (Å²) in [5.74, 6) is -0.875. The van der Waals surface area contributed by atoms with Crippen LogP contribution in [0.5, 0.6) is 0 Å². The Hall–Kier alpha value is -2.12. The number of hydrogen-bond donors (Lipinski definition) is 1. The summed E-state index contributed by atoms with van der Waals surface area (Å²) in [5.41, 5.74) is 0.706. The molecule has 1 atom stereocenters. The number of ether oxygens (including phenoxy) is 3.